The summed E-state index contributed by atoms with van der Waals surface area (Å²) < 4.78 is 5.33. The molecular formula is C27H31N3O3. The predicted molar refractivity (Wildman–Crippen MR) is 132 cm³/mol. The van der Waals surface area contributed by atoms with Crippen molar-refractivity contribution >= 4 is 17.5 Å². The third kappa shape index (κ3) is 5.79. The number of anilines is 1. The fraction of sp³-hybridized carbons (Fsp3) is 0.259. The molecule has 3 aromatic rings. The number of nitrogens with one attached hydrogen (secondary N) is 1. The van der Waals surface area contributed by atoms with Crippen LogP contribution in [-0.4, -0.2) is 36.9 Å². The molecule has 0 bridgehead atoms. The zero-order chi connectivity index (χ0) is 23.8. The van der Waals surface area contributed by atoms with Crippen LogP contribution in [0.15, 0.2) is 66.7 Å². The van der Waals surface area contributed by atoms with Crippen LogP contribution in [0.4, 0.5) is 5.69 Å². The summed E-state index contributed by atoms with van der Waals surface area (Å²) in [5.74, 6) is -0.362. The SMILES string of the molecule is CCN(CC)Cc1ccccc1Cc1c(NC(=O)c2ccccc2OC)cccc1C(N)=O. The van der Waals surface area contributed by atoms with E-state index in [9.17, 15) is 9.59 Å². The Morgan fingerprint density at radius 1 is 0.879 bits per heavy atom. The van der Waals surface area contributed by atoms with Gasteiger partial charge >= 0.3 is 0 Å². The van der Waals surface area contributed by atoms with Crippen molar-refractivity contribution in [3.8, 4) is 5.75 Å². The summed E-state index contributed by atoms with van der Waals surface area (Å²) >= 11 is 0. The molecule has 0 saturated carbocycles. The molecule has 0 fully saturated rings. The van der Waals surface area contributed by atoms with Gasteiger partial charge in [0.2, 0.25) is 5.91 Å². The van der Waals surface area contributed by atoms with E-state index in [0.29, 0.717) is 34.5 Å². The highest BCUT2D eigenvalue weighted by Gasteiger charge is 2.19. The van der Waals surface area contributed by atoms with Gasteiger partial charge in [-0.15, -0.1) is 0 Å². The van der Waals surface area contributed by atoms with Crippen LogP contribution in [0.3, 0.4) is 0 Å². The van der Waals surface area contributed by atoms with E-state index in [2.05, 4.69) is 36.2 Å². The molecule has 2 amide bonds. The predicted octanol–water partition coefficient (Wildman–Crippen LogP) is 4.48. The van der Waals surface area contributed by atoms with Gasteiger partial charge < -0.3 is 15.8 Å². The lowest BCUT2D eigenvalue weighted by molar-refractivity contribution is 0.0994. The van der Waals surface area contributed by atoms with Crippen LogP contribution in [-0.2, 0) is 13.0 Å². The van der Waals surface area contributed by atoms with Gasteiger partial charge in [-0.2, -0.15) is 0 Å². The highest BCUT2D eigenvalue weighted by Crippen LogP contribution is 2.27. The average molecular weight is 446 g/mol. The molecule has 3 rings (SSSR count). The molecule has 0 radical (unpaired) electrons. The molecule has 3 N–H and O–H groups in total. The first-order valence-electron chi connectivity index (χ1n) is 11.1. The molecule has 0 spiro atoms. The van der Waals surface area contributed by atoms with Crippen LogP contribution >= 0.6 is 0 Å². The zero-order valence-corrected chi connectivity index (χ0v) is 19.4. The van der Waals surface area contributed by atoms with Gasteiger partial charge in [-0.25, -0.2) is 0 Å². The third-order valence-corrected chi connectivity index (χ3v) is 5.82. The summed E-state index contributed by atoms with van der Waals surface area (Å²) in [5, 5.41) is 2.96. The molecule has 3 aromatic carbocycles. The van der Waals surface area contributed by atoms with Gasteiger partial charge in [0.1, 0.15) is 5.75 Å². The van der Waals surface area contributed by atoms with Gasteiger partial charge in [0.15, 0.2) is 0 Å². The second-order valence-electron chi connectivity index (χ2n) is 7.76. The number of primary amides is 1. The largest absolute Gasteiger partial charge is 0.496 e. The maximum absolute atomic E-state index is 13.1. The molecule has 0 atom stereocenters. The number of nitrogens with two attached hydrogens (primary N) is 1. The van der Waals surface area contributed by atoms with Crippen molar-refractivity contribution in [2.45, 2.75) is 26.8 Å². The minimum Gasteiger partial charge on any atom is -0.496 e. The van der Waals surface area contributed by atoms with Crippen LogP contribution in [0.1, 0.15) is 51.3 Å². The quantitative estimate of drug-likeness (QED) is 0.482. The van der Waals surface area contributed by atoms with Crippen LogP contribution < -0.4 is 15.8 Å². The van der Waals surface area contributed by atoms with Crippen molar-refractivity contribution in [3.05, 3.63) is 94.5 Å². The van der Waals surface area contributed by atoms with Crippen LogP contribution in [0.25, 0.3) is 0 Å². The van der Waals surface area contributed by atoms with Gasteiger partial charge in [-0.1, -0.05) is 56.3 Å². The number of methoxy groups -OCH3 is 1. The molecule has 0 aromatic heterocycles. The van der Waals surface area contributed by atoms with Gasteiger partial charge in [-0.05, 0) is 54.0 Å². The number of rotatable bonds is 10. The first-order chi connectivity index (χ1) is 16.0. The minimum absolute atomic E-state index is 0.313. The number of nitrogens with zero attached hydrogens (tertiary/aromatic N) is 1. The summed E-state index contributed by atoms with van der Waals surface area (Å²) in [5.41, 5.74) is 10.0. The molecule has 0 heterocycles. The number of para-hydroxylation sites is 1. The normalized spacial score (nSPS) is 10.8. The highest BCUT2D eigenvalue weighted by atomic mass is 16.5. The number of carbonyl (C=O) groups excluding carboxylic acids is 2. The topological polar surface area (TPSA) is 84.7 Å². The second-order valence-corrected chi connectivity index (χ2v) is 7.76. The molecule has 0 aliphatic carbocycles. The highest BCUT2D eigenvalue weighted by molar-refractivity contribution is 6.07. The number of hydrogen-bond donors (Lipinski definition) is 2. The van der Waals surface area contributed by atoms with E-state index < -0.39 is 5.91 Å². The molecule has 172 valence electrons. The van der Waals surface area contributed by atoms with E-state index in [1.165, 1.54) is 12.7 Å². The Hall–Kier alpha value is -3.64. The Balaban J connectivity index is 1.99. The molecule has 0 aliphatic heterocycles. The van der Waals surface area contributed by atoms with E-state index in [-0.39, 0.29) is 5.91 Å². The van der Waals surface area contributed by atoms with Gasteiger partial charge in [0.25, 0.3) is 5.91 Å². The van der Waals surface area contributed by atoms with Crippen LogP contribution in [0.5, 0.6) is 5.75 Å². The van der Waals surface area contributed by atoms with Gasteiger partial charge in [0, 0.05) is 24.2 Å². The van der Waals surface area contributed by atoms with Crippen molar-refractivity contribution in [2.75, 3.05) is 25.5 Å². The molecule has 0 saturated heterocycles. The van der Waals surface area contributed by atoms with E-state index in [1.807, 2.05) is 18.2 Å². The van der Waals surface area contributed by atoms with Gasteiger partial charge in [-0.3, -0.25) is 14.5 Å². The molecule has 6 heteroatoms. The van der Waals surface area contributed by atoms with Crippen molar-refractivity contribution in [2.24, 2.45) is 5.73 Å². The molecule has 0 aliphatic rings. The molecule has 0 unspecified atom stereocenters. The standard InChI is InChI=1S/C27H31N3O3/c1-4-30(5-2)18-20-12-7-6-11-19(20)17-23-21(26(28)31)14-10-15-24(23)29-27(32)22-13-8-9-16-25(22)33-3/h6-16H,4-5,17-18H2,1-3H3,(H2,28,31)(H,29,32). The summed E-state index contributed by atoms with van der Waals surface area (Å²) in [4.78, 5) is 27.6. The van der Waals surface area contributed by atoms with Crippen molar-refractivity contribution in [3.63, 3.8) is 0 Å². The number of carbonyl (C=O) groups is 2. The Morgan fingerprint density at radius 3 is 2.18 bits per heavy atom. The first-order valence-corrected chi connectivity index (χ1v) is 11.1. The summed E-state index contributed by atoms with van der Waals surface area (Å²) in [7, 11) is 1.53. The monoisotopic (exact) mass is 445 g/mol. The summed E-state index contributed by atoms with van der Waals surface area (Å²) in [6, 6.07) is 20.4. The smallest absolute Gasteiger partial charge is 0.259 e. The fourth-order valence-corrected chi connectivity index (χ4v) is 3.91. The van der Waals surface area contributed by atoms with E-state index >= 15 is 0 Å². The van der Waals surface area contributed by atoms with Crippen LogP contribution in [0.2, 0.25) is 0 Å². The minimum atomic E-state index is -0.528. The Morgan fingerprint density at radius 2 is 1.52 bits per heavy atom. The van der Waals surface area contributed by atoms with Gasteiger partial charge in [0.05, 0.1) is 12.7 Å². The lowest BCUT2D eigenvalue weighted by atomic mass is 9.94. The molecule has 33 heavy (non-hydrogen) atoms. The molecule has 6 nitrogen and oxygen atoms in total. The lowest BCUT2D eigenvalue weighted by Gasteiger charge is -2.21. The maximum atomic E-state index is 13.1. The first kappa shape index (κ1) is 24.0. The average Bonchev–Trinajstić information content (AvgIpc) is 2.84. The van der Waals surface area contributed by atoms with E-state index in [1.54, 1.807) is 36.4 Å². The number of benzene rings is 3. The Labute approximate surface area is 195 Å². The Bertz CT molecular complexity index is 1120. The second kappa shape index (κ2) is 11.3. The maximum Gasteiger partial charge on any atom is 0.259 e. The lowest BCUT2D eigenvalue weighted by Crippen LogP contribution is -2.23. The van der Waals surface area contributed by atoms with Crippen molar-refractivity contribution < 1.29 is 14.3 Å². The van der Waals surface area contributed by atoms with E-state index in [4.69, 9.17) is 10.5 Å². The van der Waals surface area contributed by atoms with Crippen LogP contribution in [0, 0.1) is 0 Å². The number of amides is 2. The Kier molecular flexibility index (Phi) is 8.22. The fourth-order valence-electron chi connectivity index (χ4n) is 3.91. The zero-order valence-electron chi connectivity index (χ0n) is 19.4. The number of ether oxygens (including phenoxy) is 1. The van der Waals surface area contributed by atoms with Crippen molar-refractivity contribution in [1.29, 1.82) is 0 Å². The third-order valence-electron chi connectivity index (χ3n) is 5.82. The molecular weight excluding hydrogens is 414 g/mol. The number of hydrogen-bond acceptors (Lipinski definition) is 4. The van der Waals surface area contributed by atoms with Crippen molar-refractivity contribution in [1.82, 2.24) is 4.90 Å². The van der Waals surface area contributed by atoms with E-state index in [0.717, 1.165) is 25.2 Å². The summed E-state index contributed by atoms with van der Waals surface area (Å²) in [6.07, 6.45) is 0.470. The summed E-state index contributed by atoms with van der Waals surface area (Å²) in [6.45, 7) is 6.98.